The van der Waals surface area contributed by atoms with Crippen LogP contribution >= 0.6 is 0 Å². The second kappa shape index (κ2) is 5.06. The van der Waals surface area contributed by atoms with E-state index in [9.17, 15) is 9.59 Å². The molecule has 0 spiro atoms. The maximum absolute atomic E-state index is 11.4. The molecule has 0 saturated heterocycles. The predicted molar refractivity (Wildman–Crippen MR) is 51.8 cm³/mol. The fourth-order valence-corrected chi connectivity index (χ4v) is 0.895. The van der Waals surface area contributed by atoms with E-state index in [1.165, 1.54) is 24.5 Å². The first-order chi connectivity index (χ1) is 7.11. The number of primary amides is 1. The zero-order valence-electron chi connectivity index (χ0n) is 7.88. The van der Waals surface area contributed by atoms with Crippen molar-refractivity contribution in [2.75, 3.05) is 6.54 Å². The molecule has 0 aliphatic carbocycles. The van der Waals surface area contributed by atoms with Crippen LogP contribution in [0.1, 0.15) is 10.4 Å². The highest BCUT2D eigenvalue weighted by molar-refractivity contribution is 5.94. The molecule has 1 heterocycles. The molecule has 80 valence electrons. The van der Waals surface area contributed by atoms with Gasteiger partial charge >= 0.3 is 0 Å². The van der Waals surface area contributed by atoms with Crippen LogP contribution in [-0.4, -0.2) is 34.6 Å². The molecular formula is C9H11N3O3. The Morgan fingerprint density at radius 2 is 2.07 bits per heavy atom. The van der Waals surface area contributed by atoms with Crippen LogP contribution in [0.4, 0.5) is 0 Å². The highest BCUT2D eigenvalue weighted by Gasteiger charge is 2.12. The van der Waals surface area contributed by atoms with E-state index < -0.39 is 17.9 Å². The van der Waals surface area contributed by atoms with Crippen LogP contribution in [0.25, 0.3) is 0 Å². The molecule has 4 N–H and O–H groups in total. The standard InChI is InChI=1S/C9H11N3O3/c10-8(14)7(13)5-12-9(15)6-1-3-11-4-2-6/h1-4,7,13H,5H2,(H2,10,14)(H,12,15). The fourth-order valence-electron chi connectivity index (χ4n) is 0.895. The van der Waals surface area contributed by atoms with Gasteiger partial charge in [-0.1, -0.05) is 0 Å². The van der Waals surface area contributed by atoms with Crippen LogP contribution in [0.3, 0.4) is 0 Å². The molecule has 1 rings (SSSR count). The van der Waals surface area contributed by atoms with Crippen molar-refractivity contribution < 1.29 is 14.7 Å². The topological polar surface area (TPSA) is 105 Å². The molecule has 0 saturated carbocycles. The Kier molecular flexibility index (Phi) is 3.75. The molecule has 0 aromatic carbocycles. The van der Waals surface area contributed by atoms with Gasteiger partial charge in [0, 0.05) is 18.0 Å². The van der Waals surface area contributed by atoms with Crippen LogP contribution in [0, 0.1) is 0 Å². The Morgan fingerprint density at radius 3 is 2.60 bits per heavy atom. The van der Waals surface area contributed by atoms with Crippen LogP contribution in [-0.2, 0) is 4.79 Å². The van der Waals surface area contributed by atoms with E-state index in [4.69, 9.17) is 10.8 Å². The van der Waals surface area contributed by atoms with Gasteiger partial charge < -0.3 is 16.2 Å². The SMILES string of the molecule is NC(=O)C(O)CNC(=O)c1ccncc1. The summed E-state index contributed by atoms with van der Waals surface area (Å²) in [7, 11) is 0. The van der Waals surface area contributed by atoms with E-state index in [2.05, 4.69) is 10.3 Å². The highest BCUT2D eigenvalue weighted by Crippen LogP contribution is 1.95. The second-order valence-electron chi connectivity index (χ2n) is 2.86. The van der Waals surface area contributed by atoms with E-state index in [0.29, 0.717) is 5.56 Å². The van der Waals surface area contributed by atoms with Gasteiger partial charge in [0.2, 0.25) is 5.91 Å². The number of carbonyl (C=O) groups excluding carboxylic acids is 2. The van der Waals surface area contributed by atoms with Crippen molar-refractivity contribution >= 4 is 11.8 Å². The maximum atomic E-state index is 11.4. The van der Waals surface area contributed by atoms with Gasteiger partial charge in [-0.05, 0) is 12.1 Å². The first kappa shape index (κ1) is 11.1. The normalized spacial score (nSPS) is 11.8. The van der Waals surface area contributed by atoms with Gasteiger partial charge in [0.15, 0.2) is 0 Å². The lowest BCUT2D eigenvalue weighted by Crippen LogP contribution is -2.39. The van der Waals surface area contributed by atoms with Crippen molar-refractivity contribution in [3.05, 3.63) is 30.1 Å². The summed E-state index contributed by atoms with van der Waals surface area (Å²) in [4.78, 5) is 25.6. The predicted octanol–water partition coefficient (Wildman–Crippen LogP) is -1.34. The number of nitrogens with zero attached hydrogens (tertiary/aromatic N) is 1. The molecule has 1 atom stereocenters. The molecular weight excluding hydrogens is 198 g/mol. The lowest BCUT2D eigenvalue weighted by molar-refractivity contribution is -0.125. The number of aliphatic hydroxyl groups is 1. The van der Waals surface area contributed by atoms with Crippen molar-refractivity contribution in [2.45, 2.75) is 6.10 Å². The van der Waals surface area contributed by atoms with Gasteiger partial charge in [-0.3, -0.25) is 14.6 Å². The van der Waals surface area contributed by atoms with Gasteiger partial charge in [0.25, 0.3) is 5.91 Å². The molecule has 0 aliphatic heterocycles. The van der Waals surface area contributed by atoms with Gasteiger partial charge in [0.05, 0.1) is 6.54 Å². The third-order valence-electron chi connectivity index (χ3n) is 1.73. The number of carbonyl (C=O) groups is 2. The highest BCUT2D eigenvalue weighted by atomic mass is 16.3. The summed E-state index contributed by atoms with van der Waals surface area (Å²) < 4.78 is 0. The fraction of sp³-hybridized carbons (Fsp3) is 0.222. The first-order valence-corrected chi connectivity index (χ1v) is 4.27. The lowest BCUT2D eigenvalue weighted by atomic mass is 10.2. The monoisotopic (exact) mass is 209 g/mol. The molecule has 6 heteroatoms. The number of pyridine rings is 1. The number of aliphatic hydroxyl groups excluding tert-OH is 1. The van der Waals surface area contributed by atoms with E-state index in [1.807, 2.05) is 0 Å². The number of nitrogens with two attached hydrogens (primary N) is 1. The summed E-state index contributed by atoms with van der Waals surface area (Å²) in [5.74, 6) is -1.26. The van der Waals surface area contributed by atoms with Gasteiger partial charge in [-0.2, -0.15) is 0 Å². The molecule has 2 amide bonds. The molecule has 0 radical (unpaired) electrons. The number of hydrogen-bond acceptors (Lipinski definition) is 4. The average molecular weight is 209 g/mol. The molecule has 1 aromatic rings. The van der Waals surface area contributed by atoms with E-state index in [1.54, 1.807) is 0 Å². The molecule has 0 bridgehead atoms. The van der Waals surface area contributed by atoms with Crippen LogP contribution in [0.2, 0.25) is 0 Å². The van der Waals surface area contributed by atoms with Crippen molar-refractivity contribution in [3.8, 4) is 0 Å². The third-order valence-corrected chi connectivity index (χ3v) is 1.73. The van der Waals surface area contributed by atoms with E-state index in [0.717, 1.165) is 0 Å². The first-order valence-electron chi connectivity index (χ1n) is 4.27. The Balaban J connectivity index is 2.47. The molecule has 1 unspecified atom stereocenters. The van der Waals surface area contributed by atoms with E-state index >= 15 is 0 Å². The van der Waals surface area contributed by atoms with Crippen LogP contribution < -0.4 is 11.1 Å². The average Bonchev–Trinajstić information content (AvgIpc) is 2.26. The Hall–Kier alpha value is -1.95. The van der Waals surface area contributed by atoms with Crippen molar-refractivity contribution in [1.29, 1.82) is 0 Å². The number of amides is 2. The number of hydrogen-bond donors (Lipinski definition) is 3. The minimum atomic E-state index is -1.37. The molecule has 6 nitrogen and oxygen atoms in total. The Labute approximate surface area is 86.1 Å². The zero-order valence-corrected chi connectivity index (χ0v) is 7.88. The number of rotatable bonds is 4. The van der Waals surface area contributed by atoms with Gasteiger partial charge in [-0.25, -0.2) is 0 Å². The summed E-state index contributed by atoms with van der Waals surface area (Å²) in [5.41, 5.74) is 5.21. The minimum absolute atomic E-state index is 0.198. The summed E-state index contributed by atoms with van der Waals surface area (Å²) >= 11 is 0. The molecule has 1 aromatic heterocycles. The molecule has 15 heavy (non-hydrogen) atoms. The minimum Gasteiger partial charge on any atom is -0.381 e. The van der Waals surface area contributed by atoms with E-state index in [-0.39, 0.29) is 6.54 Å². The van der Waals surface area contributed by atoms with Crippen molar-refractivity contribution in [2.24, 2.45) is 5.73 Å². The lowest BCUT2D eigenvalue weighted by Gasteiger charge is -2.07. The molecule has 0 fully saturated rings. The molecule has 0 aliphatic rings. The third kappa shape index (κ3) is 3.35. The van der Waals surface area contributed by atoms with Crippen LogP contribution in [0.15, 0.2) is 24.5 Å². The summed E-state index contributed by atoms with van der Waals surface area (Å²) in [6, 6.07) is 3.04. The Bertz CT molecular complexity index is 353. The van der Waals surface area contributed by atoms with Gasteiger partial charge in [0.1, 0.15) is 6.10 Å². The Morgan fingerprint density at radius 1 is 1.47 bits per heavy atom. The smallest absolute Gasteiger partial charge is 0.251 e. The van der Waals surface area contributed by atoms with Crippen molar-refractivity contribution in [3.63, 3.8) is 0 Å². The summed E-state index contributed by atoms with van der Waals surface area (Å²) in [6.07, 6.45) is 1.58. The second-order valence-corrected chi connectivity index (χ2v) is 2.86. The maximum Gasteiger partial charge on any atom is 0.251 e. The van der Waals surface area contributed by atoms with Crippen LogP contribution in [0.5, 0.6) is 0 Å². The number of aromatic nitrogens is 1. The summed E-state index contributed by atoms with van der Waals surface area (Å²) in [5, 5.41) is 11.4. The quantitative estimate of drug-likeness (QED) is 0.570. The van der Waals surface area contributed by atoms with Crippen molar-refractivity contribution in [1.82, 2.24) is 10.3 Å². The summed E-state index contributed by atoms with van der Waals surface area (Å²) in [6.45, 7) is -0.198. The van der Waals surface area contributed by atoms with Gasteiger partial charge in [-0.15, -0.1) is 0 Å². The largest absolute Gasteiger partial charge is 0.381 e. The number of nitrogens with one attached hydrogen (secondary N) is 1. The zero-order chi connectivity index (χ0) is 11.3.